The number of carbonyl (C=O) groups is 1. The molecule has 1 fully saturated rings. The lowest BCUT2D eigenvalue weighted by atomic mass is 9.97. The number of fused-ring (bicyclic) bond motifs is 1. The molecule has 0 radical (unpaired) electrons. The highest BCUT2D eigenvalue weighted by molar-refractivity contribution is 7.13. The average Bonchev–Trinajstić information content (AvgIpc) is 3.25. The molecule has 0 bridgehead atoms. The van der Waals surface area contributed by atoms with Gasteiger partial charge < -0.3 is 10.2 Å². The quantitative estimate of drug-likeness (QED) is 0.758. The molecule has 9 nitrogen and oxygen atoms in total. The van der Waals surface area contributed by atoms with E-state index in [1.807, 2.05) is 7.05 Å². The number of carbonyl (C=O) groups excluding carboxylic acids is 1. The van der Waals surface area contributed by atoms with Crippen molar-refractivity contribution in [1.29, 1.82) is 0 Å². The minimum Gasteiger partial charge on any atom is -0.355 e. The van der Waals surface area contributed by atoms with Gasteiger partial charge in [0, 0.05) is 20.1 Å². The van der Waals surface area contributed by atoms with Gasteiger partial charge in [0.15, 0.2) is 5.65 Å². The molecule has 24 heavy (non-hydrogen) atoms. The molecule has 0 unspecified atom stereocenters. The Bertz CT molecular complexity index is 861. The van der Waals surface area contributed by atoms with Crippen molar-refractivity contribution in [1.82, 2.24) is 29.9 Å². The summed E-state index contributed by atoms with van der Waals surface area (Å²) in [6.45, 7) is 1.48. The van der Waals surface area contributed by atoms with E-state index in [1.54, 1.807) is 22.7 Å². The molecule has 1 aliphatic heterocycles. The van der Waals surface area contributed by atoms with E-state index in [9.17, 15) is 4.79 Å². The Hall–Kier alpha value is -2.62. The zero-order chi connectivity index (χ0) is 16.5. The van der Waals surface area contributed by atoms with Crippen molar-refractivity contribution in [3.05, 3.63) is 18.0 Å². The fourth-order valence-electron chi connectivity index (χ4n) is 3.02. The van der Waals surface area contributed by atoms with Crippen LogP contribution in [0.1, 0.15) is 12.8 Å². The van der Waals surface area contributed by atoms with Gasteiger partial charge in [0.1, 0.15) is 17.7 Å². The predicted octanol–water partition coefficient (Wildman–Crippen LogP) is 1.07. The summed E-state index contributed by atoms with van der Waals surface area (Å²) >= 11 is 1.32. The van der Waals surface area contributed by atoms with Gasteiger partial charge in [-0.3, -0.25) is 9.48 Å². The lowest BCUT2D eigenvalue weighted by molar-refractivity contribution is -0.120. The molecule has 0 saturated carbocycles. The van der Waals surface area contributed by atoms with Crippen LogP contribution in [0.3, 0.4) is 0 Å². The van der Waals surface area contributed by atoms with E-state index in [1.165, 1.54) is 11.3 Å². The van der Waals surface area contributed by atoms with Gasteiger partial charge in [0.25, 0.3) is 0 Å². The highest BCUT2D eigenvalue weighted by atomic mass is 32.1. The first-order valence-electron chi connectivity index (χ1n) is 7.67. The number of nitrogens with zero attached hydrogens (tertiary/aromatic N) is 7. The number of amides is 1. The molecule has 3 aromatic rings. The number of aryl methyl sites for hydroxylation is 1. The highest BCUT2D eigenvalue weighted by Gasteiger charge is 2.28. The Morgan fingerprint density at radius 3 is 3.17 bits per heavy atom. The monoisotopic (exact) mass is 344 g/mol. The van der Waals surface area contributed by atoms with E-state index >= 15 is 0 Å². The second kappa shape index (κ2) is 6.11. The Labute approximate surface area is 141 Å². The lowest BCUT2D eigenvalue weighted by Gasteiger charge is -2.32. The molecule has 0 aromatic carbocycles. The number of piperidine rings is 1. The number of hydrogen-bond acceptors (Lipinski definition) is 8. The highest BCUT2D eigenvalue weighted by Crippen LogP contribution is 2.27. The standard InChI is InChI=1S/C14H16N8OS/c1-21-11-10(5-18-21)12(16-7-15-11)22-4-2-3-9(6-22)13(23)19-14-20-17-8-24-14/h5,7-9H,2-4,6H2,1H3,(H,19,20,23)/t9-/m1/s1. The topological polar surface area (TPSA) is 102 Å². The first kappa shape index (κ1) is 14.9. The third kappa shape index (κ3) is 2.68. The fraction of sp³-hybridized carbons (Fsp3) is 0.429. The van der Waals surface area contributed by atoms with Crippen molar-refractivity contribution >= 4 is 39.2 Å². The van der Waals surface area contributed by atoms with E-state index in [-0.39, 0.29) is 11.8 Å². The number of rotatable bonds is 3. The summed E-state index contributed by atoms with van der Waals surface area (Å²) in [7, 11) is 1.85. The SMILES string of the molecule is Cn1ncc2c(N3CCC[C@@H](C(=O)Nc4nncs4)C3)ncnc21. The number of nitrogens with one attached hydrogen (secondary N) is 1. The van der Waals surface area contributed by atoms with Gasteiger partial charge in [0.2, 0.25) is 11.0 Å². The van der Waals surface area contributed by atoms with Crippen molar-refractivity contribution < 1.29 is 4.79 Å². The molecule has 1 atom stereocenters. The van der Waals surface area contributed by atoms with E-state index in [0.29, 0.717) is 11.7 Å². The first-order chi connectivity index (χ1) is 11.7. The van der Waals surface area contributed by atoms with E-state index in [4.69, 9.17) is 0 Å². The van der Waals surface area contributed by atoms with E-state index < -0.39 is 0 Å². The Kier molecular flexibility index (Phi) is 3.81. The molecular weight excluding hydrogens is 328 g/mol. The van der Waals surface area contributed by atoms with Crippen LogP contribution in [0, 0.1) is 5.92 Å². The third-order valence-electron chi connectivity index (χ3n) is 4.19. The van der Waals surface area contributed by atoms with Crippen LogP contribution in [-0.2, 0) is 11.8 Å². The van der Waals surface area contributed by atoms with Gasteiger partial charge in [-0.2, -0.15) is 5.10 Å². The second-order valence-electron chi connectivity index (χ2n) is 5.72. The Morgan fingerprint density at radius 1 is 1.42 bits per heavy atom. The third-order valence-corrected chi connectivity index (χ3v) is 4.80. The number of hydrogen-bond donors (Lipinski definition) is 1. The predicted molar refractivity (Wildman–Crippen MR) is 89.8 cm³/mol. The molecule has 4 rings (SSSR count). The summed E-state index contributed by atoms with van der Waals surface area (Å²) in [4.78, 5) is 23.3. The summed E-state index contributed by atoms with van der Waals surface area (Å²) < 4.78 is 1.73. The van der Waals surface area contributed by atoms with Crippen LogP contribution in [-0.4, -0.2) is 48.9 Å². The minimum absolute atomic E-state index is 0.0204. The van der Waals surface area contributed by atoms with Gasteiger partial charge >= 0.3 is 0 Å². The van der Waals surface area contributed by atoms with Crippen LogP contribution in [0.15, 0.2) is 18.0 Å². The lowest BCUT2D eigenvalue weighted by Crippen LogP contribution is -2.41. The maximum absolute atomic E-state index is 12.5. The second-order valence-corrected chi connectivity index (χ2v) is 6.55. The smallest absolute Gasteiger partial charge is 0.231 e. The summed E-state index contributed by atoms with van der Waals surface area (Å²) in [5.74, 6) is 0.707. The average molecular weight is 344 g/mol. The fourth-order valence-corrected chi connectivity index (χ4v) is 3.47. The van der Waals surface area contributed by atoms with Gasteiger partial charge in [-0.25, -0.2) is 9.97 Å². The number of aromatic nitrogens is 6. The molecule has 124 valence electrons. The molecular formula is C14H16N8OS. The van der Waals surface area contributed by atoms with E-state index in [0.717, 1.165) is 36.2 Å². The molecule has 4 heterocycles. The van der Waals surface area contributed by atoms with Gasteiger partial charge in [-0.15, -0.1) is 10.2 Å². The van der Waals surface area contributed by atoms with Gasteiger partial charge in [-0.05, 0) is 12.8 Å². The largest absolute Gasteiger partial charge is 0.355 e. The zero-order valence-corrected chi connectivity index (χ0v) is 13.9. The van der Waals surface area contributed by atoms with Crippen LogP contribution in [0.4, 0.5) is 10.9 Å². The normalized spacial score (nSPS) is 18.0. The van der Waals surface area contributed by atoms with Crippen LogP contribution in [0.25, 0.3) is 11.0 Å². The van der Waals surface area contributed by atoms with Gasteiger partial charge in [-0.1, -0.05) is 11.3 Å². The zero-order valence-electron chi connectivity index (χ0n) is 13.1. The molecule has 1 amide bonds. The molecule has 1 aliphatic rings. The minimum atomic E-state index is -0.107. The summed E-state index contributed by atoms with van der Waals surface area (Å²) in [6.07, 6.45) is 5.10. The van der Waals surface area contributed by atoms with Crippen molar-refractivity contribution in [3.63, 3.8) is 0 Å². The Balaban J connectivity index is 1.55. The molecule has 1 saturated heterocycles. The molecule has 3 aromatic heterocycles. The van der Waals surface area contributed by atoms with E-state index in [2.05, 4.69) is 35.5 Å². The van der Waals surface area contributed by atoms with Crippen LogP contribution >= 0.6 is 11.3 Å². The summed E-state index contributed by atoms with van der Waals surface area (Å²) in [5, 5.41) is 16.1. The summed E-state index contributed by atoms with van der Waals surface area (Å²) in [5.41, 5.74) is 2.39. The maximum Gasteiger partial charge on any atom is 0.231 e. The Morgan fingerprint density at radius 2 is 2.33 bits per heavy atom. The molecule has 1 N–H and O–H groups in total. The molecule has 0 spiro atoms. The van der Waals surface area contributed by atoms with Crippen LogP contribution in [0.5, 0.6) is 0 Å². The van der Waals surface area contributed by atoms with Crippen molar-refractivity contribution in [2.45, 2.75) is 12.8 Å². The van der Waals surface area contributed by atoms with Gasteiger partial charge in [0.05, 0.1) is 17.5 Å². The number of anilines is 2. The van der Waals surface area contributed by atoms with Crippen LogP contribution < -0.4 is 10.2 Å². The first-order valence-corrected chi connectivity index (χ1v) is 8.55. The van der Waals surface area contributed by atoms with Crippen LogP contribution in [0.2, 0.25) is 0 Å². The molecule has 0 aliphatic carbocycles. The van der Waals surface area contributed by atoms with Crippen molar-refractivity contribution in [2.24, 2.45) is 13.0 Å². The van der Waals surface area contributed by atoms with Crippen molar-refractivity contribution in [3.8, 4) is 0 Å². The maximum atomic E-state index is 12.5. The van der Waals surface area contributed by atoms with Crippen molar-refractivity contribution in [2.75, 3.05) is 23.3 Å². The summed E-state index contributed by atoms with van der Waals surface area (Å²) in [6, 6.07) is 0. The molecule has 10 heteroatoms.